The first-order chi connectivity index (χ1) is 7.66. The maximum absolute atomic E-state index is 11.8. The molecule has 1 aromatic heterocycles. The average molecular weight is 333 g/mol. The lowest BCUT2D eigenvalue weighted by Crippen LogP contribution is -3.00. The highest BCUT2D eigenvalue weighted by atomic mass is 79.9. The number of thiazole rings is 1. The maximum atomic E-state index is 11.8. The summed E-state index contributed by atoms with van der Waals surface area (Å²) >= 11 is 7.04. The van der Waals surface area contributed by atoms with Gasteiger partial charge in [-0.25, -0.2) is 0 Å². The van der Waals surface area contributed by atoms with E-state index in [2.05, 4.69) is 0 Å². The smallest absolute Gasteiger partial charge is 0.182 e. The number of carbonyl (C=O) groups excluding carboxylic acids is 1. The number of nitrogens with one attached hydrogen (secondary N) is 1. The molecule has 3 nitrogen and oxygen atoms in total. The van der Waals surface area contributed by atoms with Crippen LogP contribution in [0.15, 0.2) is 35.8 Å². The van der Waals surface area contributed by atoms with Crippen LogP contribution in [0.25, 0.3) is 0 Å². The van der Waals surface area contributed by atoms with E-state index in [4.69, 9.17) is 17.0 Å². The Labute approximate surface area is 118 Å². The van der Waals surface area contributed by atoms with E-state index in [0.717, 1.165) is 0 Å². The predicted molar refractivity (Wildman–Crippen MR) is 63.9 cm³/mol. The summed E-state index contributed by atoms with van der Waals surface area (Å²) in [4.78, 5) is 12.2. The second-order valence-corrected chi connectivity index (χ2v) is 4.60. The lowest BCUT2D eigenvalue weighted by atomic mass is 10.1. The van der Waals surface area contributed by atoms with Crippen LogP contribution in [0, 0.1) is 5.41 Å². The minimum atomic E-state index is -0.0198. The van der Waals surface area contributed by atoms with E-state index in [-0.39, 0.29) is 29.3 Å². The van der Waals surface area contributed by atoms with Crippen LogP contribution >= 0.6 is 22.9 Å². The molecule has 1 N–H and O–H groups in total. The van der Waals surface area contributed by atoms with Gasteiger partial charge in [-0.3, -0.25) is 10.2 Å². The average Bonchev–Trinajstić information content (AvgIpc) is 2.65. The van der Waals surface area contributed by atoms with Crippen molar-refractivity contribution < 1.29 is 21.8 Å². The van der Waals surface area contributed by atoms with Gasteiger partial charge in [-0.15, -0.1) is 11.3 Å². The fraction of sp³-hybridized carbons (Fsp3) is 0.0909. The largest absolute Gasteiger partial charge is 1.00 e. The van der Waals surface area contributed by atoms with Crippen LogP contribution in [0.2, 0.25) is 5.02 Å². The van der Waals surface area contributed by atoms with Crippen molar-refractivity contribution in [3.05, 3.63) is 51.2 Å². The number of Topliss-reactive ketones (excluding diaryl/α,β-unsaturated/α-hetero) is 1. The van der Waals surface area contributed by atoms with Gasteiger partial charge in [-0.05, 0) is 24.3 Å². The molecular weight excluding hydrogens is 324 g/mol. The van der Waals surface area contributed by atoms with Crippen molar-refractivity contribution in [2.24, 2.45) is 0 Å². The fourth-order valence-corrected chi connectivity index (χ4v) is 2.03. The summed E-state index contributed by atoms with van der Waals surface area (Å²) in [6.45, 7) is 0.198. The lowest BCUT2D eigenvalue weighted by molar-refractivity contribution is -0.0000113. The van der Waals surface area contributed by atoms with Gasteiger partial charge in [0.2, 0.25) is 0 Å². The first-order valence-electron chi connectivity index (χ1n) is 4.64. The molecule has 0 unspecified atom stereocenters. The Morgan fingerprint density at radius 1 is 1.35 bits per heavy atom. The van der Waals surface area contributed by atoms with Gasteiger partial charge in [-0.1, -0.05) is 11.6 Å². The maximum Gasteiger partial charge on any atom is 0.182 e. The molecule has 2 aromatic rings. The van der Waals surface area contributed by atoms with Crippen LogP contribution in [0.4, 0.5) is 0 Å². The zero-order valence-electron chi connectivity index (χ0n) is 8.69. The SMILES string of the molecule is N=c1sccn1CC(=O)c1ccc(Cl)cc1.[Br-]. The number of hydrogen-bond donors (Lipinski definition) is 1. The molecule has 0 saturated carbocycles. The van der Waals surface area contributed by atoms with Crippen molar-refractivity contribution in [3.8, 4) is 0 Å². The van der Waals surface area contributed by atoms with Gasteiger partial charge < -0.3 is 21.5 Å². The van der Waals surface area contributed by atoms with E-state index < -0.39 is 0 Å². The minimum absolute atomic E-state index is 0. The normalized spacial score (nSPS) is 9.71. The van der Waals surface area contributed by atoms with Crippen LogP contribution in [0.3, 0.4) is 0 Å². The molecule has 6 heteroatoms. The number of nitrogens with zero attached hydrogens (tertiary/aromatic N) is 1. The molecule has 1 aromatic carbocycles. The molecular formula is C11H9BrClN2OS-. The van der Waals surface area contributed by atoms with E-state index in [1.165, 1.54) is 11.3 Å². The third-order valence-corrected chi connectivity index (χ3v) is 3.13. The Hall–Kier alpha value is -0.910. The number of aromatic nitrogens is 1. The number of halogens is 2. The Morgan fingerprint density at radius 2 is 2.00 bits per heavy atom. The summed E-state index contributed by atoms with van der Waals surface area (Å²) < 4.78 is 1.61. The Balaban J connectivity index is 0.00000144. The van der Waals surface area contributed by atoms with E-state index >= 15 is 0 Å². The van der Waals surface area contributed by atoms with Gasteiger partial charge in [0.1, 0.15) is 0 Å². The number of hydrogen-bond acceptors (Lipinski definition) is 3. The second kappa shape index (κ2) is 6.14. The van der Waals surface area contributed by atoms with E-state index in [9.17, 15) is 4.79 Å². The van der Waals surface area contributed by atoms with Crippen molar-refractivity contribution in [1.82, 2.24) is 4.57 Å². The third-order valence-electron chi connectivity index (χ3n) is 2.16. The molecule has 90 valence electrons. The Kier molecular flexibility index (Phi) is 5.11. The molecule has 17 heavy (non-hydrogen) atoms. The summed E-state index contributed by atoms with van der Waals surface area (Å²) in [6.07, 6.45) is 1.74. The van der Waals surface area contributed by atoms with Crippen LogP contribution in [-0.2, 0) is 6.54 Å². The molecule has 0 fully saturated rings. The summed E-state index contributed by atoms with van der Waals surface area (Å²) in [5.74, 6) is -0.0198. The topological polar surface area (TPSA) is 45.9 Å². The second-order valence-electron chi connectivity index (χ2n) is 3.27. The van der Waals surface area contributed by atoms with Crippen LogP contribution in [-0.4, -0.2) is 10.4 Å². The van der Waals surface area contributed by atoms with Gasteiger partial charge in [0.25, 0.3) is 0 Å². The molecule has 0 bridgehead atoms. The highest BCUT2D eigenvalue weighted by molar-refractivity contribution is 7.06. The number of carbonyl (C=O) groups is 1. The molecule has 0 spiro atoms. The number of benzene rings is 1. The summed E-state index contributed by atoms with van der Waals surface area (Å²) in [6, 6.07) is 6.77. The van der Waals surface area contributed by atoms with Crippen LogP contribution in [0.5, 0.6) is 0 Å². The van der Waals surface area contributed by atoms with Crippen molar-refractivity contribution in [2.75, 3.05) is 0 Å². The molecule has 0 saturated heterocycles. The van der Waals surface area contributed by atoms with Gasteiger partial charge in [-0.2, -0.15) is 0 Å². The molecule has 0 aliphatic carbocycles. The van der Waals surface area contributed by atoms with Crippen molar-refractivity contribution >= 4 is 28.7 Å². The minimum Gasteiger partial charge on any atom is -1.00 e. The van der Waals surface area contributed by atoms with E-state index in [1.54, 1.807) is 40.4 Å². The van der Waals surface area contributed by atoms with E-state index in [1.807, 2.05) is 0 Å². The van der Waals surface area contributed by atoms with E-state index in [0.29, 0.717) is 15.4 Å². The first kappa shape index (κ1) is 14.2. The molecule has 0 atom stereocenters. The van der Waals surface area contributed by atoms with Gasteiger partial charge >= 0.3 is 0 Å². The molecule has 0 radical (unpaired) electrons. The number of rotatable bonds is 3. The van der Waals surface area contributed by atoms with Gasteiger partial charge in [0.05, 0.1) is 6.54 Å². The number of ketones is 1. The van der Waals surface area contributed by atoms with Crippen molar-refractivity contribution in [2.45, 2.75) is 6.54 Å². The summed E-state index contributed by atoms with van der Waals surface area (Å²) in [5.41, 5.74) is 0.613. The van der Waals surface area contributed by atoms with Gasteiger partial charge in [0, 0.05) is 22.2 Å². The fourth-order valence-electron chi connectivity index (χ4n) is 1.31. The highest BCUT2D eigenvalue weighted by Gasteiger charge is 2.06. The van der Waals surface area contributed by atoms with Crippen LogP contribution < -0.4 is 21.8 Å². The Morgan fingerprint density at radius 3 is 2.53 bits per heavy atom. The van der Waals surface area contributed by atoms with Crippen molar-refractivity contribution in [1.29, 1.82) is 5.41 Å². The van der Waals surface area contributed by atoms with Gasteiger partial charge in [0.15, 0.2) is 10.6 Å². The molecule has 2 rings (SSSR count). The molecule has 0 aliphatic heterocycles. The zero-order valence-corrected chi connectivity index (χ0v) is 11.8. The lowest BCUT2D eigenvalue weighted by Gasteiger charge is -2.02. The quantitative estimate of drug-likeness (QED) is 0.762. The monoisotopic (exact) mass is 331 g/mol. The third kappa shape index (κ3) is 3.52. The zero-order chi connectivity index (χ0) is 11.5. The predicted octanol–water partition coefficient (Wildman–Crippen LogP) is -0.431. The Bertz CT molecular complexity index is 561. The van der Waals surface area contributed by atoms with Crippen molar-refractivity contribution in [3.63, 3.8) is 0 Å². The van der Waals surface area contributed by atoms with Crippen LogP contribution in [0.1, 0.15) is 10.4 Å². The molecule has 0 aliphatic rings. The highest BCUT2D eigenvalue weighted by Crippen LogP contribution is 2.10. The first-order valence-corrected chi connectivity index (χ1v) is 5.90. The summed E-state index contributed by atoms with van der Waals surface area (Å²) in [7, 11) is 0. The summed E-state index contributed by atoms with van der Waals surface area (Å²) in [5, 5.41) is 9.95. The standard InChI is InChI=1S/C11H9ClN2OS.BrH/c12-9-3-1-8(2-4-9)10(15)7-14-5-6-16-11(14)13;/h1-6,13H,7H2;1H/p-1. The molecule has 1 heterocycles. The molecule has 0 amide bonds.